The van der Waals surface area contributed by atoms with Gasteiger partial charge in [-0.25, -0.2) is 0 Å². The van der Waals surface area contributed by atoms with E-state index in [1.165, 1.54) is 6.42 Å². The van der Waals surface area contributed by atoms with Crippen LogP contribution in [0.4, 0.5) is 5.69 Å². The number of hydrogen-bond acceptors (Lipinski definition) is 4. The predicted molar refractivity (Wildman–Crippen MR) is 89.3 cm³/mol. The maximum Gasteiger partial charge on any atom is 0.494 e. The van der Waals surface area contributed by atoms with Gasteiger partial charge in [0.05, 0.1) is 16.9 Å². The minimum Gasteiger partial charge on any atom is -0.506 e. The molecule has 21 heavy (non-hydrogen) atoms. The summed E-state index contributed by atoms with van der Waals surface area (Å²) in [6.45, 7) is 12.3. The Morgan fingerprint density at radius 2 is 1.57 bits per heavy atom. The van der Waals surface area contributed by atoms with Gasteiger partial charge >= 0.3 is 7.12 Å². The first kappa shape index (κ1) is 17.9. The highest BCUT2D eigenvalue weighted by Crippen LogP contribution is 2.36. The summed E-state index contributed by atoms with van der Waals surface area (Å²) in [5.74, 6) is 0.220. The quantitative estimate of drug-likeness (QED) is 0.649. The van der Waals surface area contributed by atoms with Gasteiger partial charge in [-0.3, -0.25) is 0 Å². The molecule has 0 amide bonds. The molecule has 1 aromatic rings. The summed E-state index contributed by atoms with van der Waals surface area (Å²) >= 11 is 0. The van der Waals surface area contributed by atoms with E-state index >= 15 is 0 Å². The van der Waals surface area contributed by atoms with Gasteiger partial charge in [0.25, 0.3) is 0 Å². The molecule has 118 valence electrons. The van der Waals surface area contributed by atoms with Crippen LogP contribution in [0.5, 0.6) is 5.75 Å². The van der Waals surface area contributed by atoms with Crippen molar-refractivity contribution in [2.24, 2.45) is 0 Å². The van der Waals surface area contributed by atoms with E-state index in [1.54, 1.807) is 13.1 Å². The third-order valence-corrected chi connectivity index (χ3v) is 3.82. The fourth-order valence-corrected chi connectivity index (χ4v) is 1.88. The van der Waals surface area contributed by atoms with Crippen molar-refractivity contribution in [1.29, 1.82) is 0 Å². The average molecular weight is 293 g/mol. The van der Waals surface area contributed by atoms with Gasteiger partial charge in [-0.1, -0.05) is 26.3 Å². The number of hydrogen-bond donors (Lipinski definition) is 2. The topological polar surface area (TPSA) is 50.7 Å². The molecule has 0 atom stereocenters. The Morgan fingerprint density at radius 3 is 2.00 bits per heavy atom. The first-order chi connectivity index (χ1) is 9.68. The highest BCUT2D eigenvalue weighted by molar-refractivity contribution is 6.62. The Morgan fingerprint density at radius 1 is 1.10 bits per heavy atom. The van der Waals surface area contributed by atoms with Crippen molar-refractivity contribution >= 4 is 18.3 Å². The average Bonchev–Trinajstić information content (AvgIpc) is 2.60. The second-order valence-corrected chi connectivity index (χ2v) is 6.32. The van der Waals surface area contributed by atoms with Gasteiger partial charge < -0.3 is 19.7 Å². The number of aromatic hydroxyl groups is 1. The number of phenolic OH excluding ortho intramolecular Hbond substituents is 1. The lowest BCUT2D eigenvalue weighted by Crippen LogP contribution is -2.41. The fourth-order valence-electron chi connectivity index (χ4n) is 1.88. The van der Waals surface area contributed by atoms with Crippen LogP contribution in [-0.4, -0.2) is 30.5 Å². The molecule has 2 rings (SSSR count). The summed E-state index contributed by atoms with van der Waals surface area (Å²) in [4.78, 5) is 0. The number of nitrogens with one attached hydrogen (secondary N) is 1. The van der Waals surface area contributed by atoms with Gasteiger partial charge in [0.15, 0.2) is 0 Å². The van der Waals surface area contributed by atoms with Crippen molar-refractivity contribution < 1.29 is 14.4 Å². The molecular weight excluding hydrogens is 265 g/mol. The Bertz CT molecular complexity index is 459. The Labute approximate surface area is 129 Å². The molecule has 1 aliphatic heterocycles. The highest BCUT2D eigenvalue weighted by Gasteiger charge is 2.51. The van der Waals surface area contributed by atoms with Crippen LogP contribution in [0.1, 0.15) is 48.0 Å². The van der Waals surface area contributed by atoms with Gasteiger partial charge in [-0.05, 0) is 45.3 Å². The minimum atomic E-state index is -0.400. The third kappa shape index (κ3) is 3.92. The number of rotatable bonds is 2. The molecule has 1 heterocycles. The van der Waals surface area contributed by atoms with Crippen LogP contribution in [0.2, 0.25) is 0 Å². The molecule has 2 N–H and O–H groups in total. The van der Waals surface area contributed by atoms with Crippen molar-refractivity contribution in [3.63, 3.8) is 0 Å². The zero-order chi connectivity index (χ0) is 16.3. The van der Waals surface area contributed by atoms with Crippen LogP contribution in [-0.2, 0) is 9.31 Å². The van der Waals surface area contributed by atoms with Crippen LogP contribution >= 0.6 is 0 Å². The molecule has 0 unspecified atom stereocenters. The lowest BCUT2D eigenvalue weighted by Gasteiger charge is -2.32. The van der Waals surface area contributed by atoms with E-state index < -0.39 is 7.12 Å². The molecule has 4 nitrogen and oxygen atoms in total. The molecule has 1 aliphatic rings. The van der Waals surface area contributed by atoms with Crippen LogP contribution < -0.4 is 10.8 Å². The second kappa shape index (κ2) is 6.71. The van der Waals surface area contributed by atoms with Crippen molar-refractivity contribution in [3.05, 3.63) is 18.2 Å². The van der Waals surface area contributed by atoms with Gasteiger partial charge in [-0.15, -0.1) is 0 Å². The van der Waals surface area contributed by atoms with Crippen LogP contribution in [0.3, 0.4) is 0 Å². The van der Waals surface area contributed by atoms with Gasteiger partial charge in [-0.2, -0.15) is 0 Å². The summed E-state index contributed by atoms with van der Waals surface area (Å²) in [6.07, 6.45) is 1.25. The highest BCUT2D eigenvalue weighted by atomic mass is 16.7. The maximum atomic E-state index is 9.64. The first-order valence-corrected chi connectivity index (χ1v) is 7.54. The van der Waals surface area contributed by atoms with E-state index in [1.807, 2.05) is 39.8 Å². The first-order valence-electron chi connectivity index (χ1n) is 7.54. The number of phenols is 1. The van der Waals surface area contributed by atoms with Crippen LogP contribution in [0, 0.1) is 0 Å². The van der Waals surface area contributed by atoms with Gasteiger partial charge in [0, 0.05) is 7.05 Å². The second-order valence-electron chi connectivity index (χ2n) is 6.32. The van der Waals surface area contributed by atoms with E-state index in [0.717, 1.165) is 5.46 Å². The zero-order valence-corrected chi connectivity index (χ0v) is 14.3. The SMILES string of the molecule is CCC.CNc1cc(B2OC(C)(C)C(C)(C)O2)ccc1O. The molecule has 1 fully saturated rings. The Kier molecular flexibility index (Phi) is 5.71. The monoisotopic (exact) mass is 293 g/mol. The normalized spacial score (nSPS) is 18.9. The molecule has 0 aromatic heterocycles. The summed E-state index contributed by atoms with van der Waals surface area (Å²) in [6, 6.07) is 5.31. The van der Waals surface area contributed by atoms with Gasteiger partial charge in [0.2, 0.25) is 0 Å². The van der Waals surface area contributed by atoms with Crippen molar-refractivity contribution in [2.75, 3.05) is 12.4 Å². The molecule has 0 aliphatic carbocycles. The van der Waals surface area contributed by atoms with Crippen LogP contribution in [0.15, 0.2) is 18.2 Å². The lowest BCUT2D eigenvalue weighted by molar-refractivity contribution is 0.00578. The molecular formula is C16H28BNO3. The predicted octanol–water partition coefficient (Wildman–Crippen LogP) is 3.15. The summed E-state index contributed by atoms with van der Waals surface area (Å²) in [5.41, 5.74) is 0.864. The smallest absolute Gasteiger partial charge is 0.494 e. The number of benzene rings is 1. The van der Waals surface area contributed by atoms with E-state index in [-0.39, 0.29) is 17.0 Å². The minimum absolute atomic E-state index is 0.220. The molecule has 0 bridgehead atoms. The maximum absolute atomic E-state index is 9.64. The zero-order valence-electron chi connectivity index (χ0n) is 14.3. The summed E-state index contributed by atoms with van der Waals surface area (Å²) in [5, 5.41) is 12.6. The van der Waals surface area contributed by atoms with E-state index in [0.29, 0.717) is 5.69 Å². The van der Waals surface area contributed by atoms with Crippen molar-refractivity contribution in [1.82, 2.24) is 0 Å². The summed E-state index contributed by atoms with van der Waals surface area (Å²) < 4.78 is 11.9. The van der Waals surface area contributed by atoms with Crippen molar-refractivity contribution in [2.45, 2.75) is 59.2 Å². The van der Waals surface area contributed by atoms with Gasteiger partial charge in [0.1, 0.15) is 5.75 Å². The van der Waals surface area contributed by atoms with E-state index in [4.69, 9.17) is 9.31 Å². The standard InChI is InChI=1S/C13H20BNO3.C3H8/c1-12(2)13(3,4)18-14(17-12)9-6-7-11(16)10(8-9)15-5;1-3-2/h6-8,15-16H,1-5H3;3H2,1-2H3. The fraction of sp³-hybridized carbons (Fsp3) is 0.625. The van der Waals surface area contributed by atoms with Crippen LogP contribution in [0.25, 0.3) is 0 Å². The molecule has 0 radical (unpaired) electrons. The third-order valence-electron chi connectivity index (χ3n) is 3.82. The molecule has 0 saturated carbocycles. The Hall–Kier alpha value is -1.20. The largest absolute Gasteiger partial charge is 0.506 e. The van der Waals surface area contributed by atoms with Crippen molar-refractivity contribution in [3.8, 4) is 5.75 Å². The molecule has 1 saturated heterocycles. The number of anilines is 1. The molecule has 5 heteroatoms. The molecule has 0 spiro atoms. The molecule has 1 aromatic carbocycles. The Balaban J connectivity index is 0.000000677. The van der Waals surface area contributed by atoms with E-state index in [9.17, 15) is 5.11 Å². The van der Waals surface area contributed by atoms with E-state index in [2.05, 4.69) is 19.2 Å². The lowest BCUT2D eigenvalue weighted by atomic mass is 9.79. The summed E-state index contributed by atoms with van der Waals surface area (Å²) in [7, 11) is 1.37.